The van der Waals surface area contributed by atoms with Gasteiger partial charge in [0.15, 0.2) is 0 Å². The lowest BCUT2D eigenvalue weighted by molar-refractivity contribution is 0.363. The zero-order chi connectivity index (χ0) is 9.52. The molecular weight excluding hydrogens is 183 g/mol. The Hall–Kier alpha value is -0.820. The van der Waals surface area contributed by atoms with Crippen LogP contribution in [-0.4, -0.2) is 35.0 Å². The molecule has 13 heavy (non-hydrogen) atoms. The van der Waals surface area contributed by atoms with Crippen molar-refractivity contribution in [3.05, 3.63) is 30.3 Å². The highest BCUT2D eigenvalue weighted by Gasteiger charge is 1.87. The van der Waals surface area contributed by atoms with Crippen LogP contribution in [0.2, 0.25) is 0 Å². The molecule has 70 valence electrons. The van der Waals surface area contributed by atoms with Gasteiger partial charge in [0.1, 0.15) is 0 Å². The van der Waals surface area contributed by atoms with E-state index >= 15 is 0 Å². The third-order valence-electron chi connectivity index (χ3n) is 1.61. The van der Waals surface area contributed by atoms with Gasteiger partial charge < -0.3 is 10.2 Å². The molecule has 0 bridgehead atoms. The highest BCUT2D eigenvalue weighted by atomic mass is 31.1. The quantitative estimate of drug-likeness (QED) is 0.686. The van der Waals surface area contributed by atoms with Gasteiger partial charge in [-0.15, -0.1) is 0 Å². The van der Waals surface area contributed by atoms with Crippen molar-refractivity contribution in [2.45, 2.75) is 0 Å². The molecule has 1 aromatic carbocycles. The van der Waals surface area contributed by atoms with Crippen LogP contribution in [0.5, 0.6) is 0 Å². The molecule has 1 rings (SSSR count). The van der Waals surface area contributed by atoms with E-state index in [2.05, 4.69) is 0 Å². The average Bonchev–Trinajstić information content (AvgIpc) is 2.19. The number of hydrogen-bond donors (Lipinski definition) is 2. The number of aliphatic hydroxyl groups is 2. The van der Waals surface area contributed by atoms with E-state index in [9.17, 15) is 0 Å². The van der Waals surface area contributed by atoms with Crippen LogP contribution in [0.25, 0.3) is 0 Å². The summed E-state index contributed by atoms with van der Waals surface area (Å²) in [5.41, 5.74) is 0. The van der Waals surface area contributed by atoms with E-state index in [1.165, 1.54) is 0 Å². The molecule has 0 saturated heterocycles. The summed E-state index contributed by atoms with van der Waals surface area (Å²) >= 11 is 0. The molecule has 0 aliphatic carbocycles. The van der Waals surface area contributed by atoms with Gasteiger partial charge in [-0.2, -0.15) is 0 Å². The first-order chi connectivity index (χ1) is 6.38. The van der Waals surface area contributed by atoms with Crippen LogP contribution >= 0.6 is 7.17 Å². The third kappa shape index (κ3) is 3.19. The summed E-state index contributed by atoms with van der Waals surface area (Å²) in [5.74, 6) is 3.64. The van der Waals surface area contributed by atoms with Crippen molar-refractivity contribution in [2.24, 2.45) is 0 Å². The number of rotatable bonds is 3. The van der Waals surface area contributed by atoms with Crippen molar-refractivity contribution >= 4 is 24.1 Å². The minimum absolute atomic E-state index is 0.0527. The molecule has 0 aromatic heterocycles. The molecule has 0 radical (unpaired) electrons. The Labute approximate surface area is 78.5 Å². The molecular formula is C10H13O2P. The molecule has 0 heterocycles. The highest BCUT2D eigenvalue weighted by molar-refractivity contribution is 7.64. The summed E-state index contributed by atoms with van der Waals surface area (Å²) in [6, 6.07) is 9.88. The van der Waals surface area contributed by atoms with Gasteiger partial charge in [-0.25, -0.2) is 0 Å². The second-order valence-corrected chi connectivity index (χ2v) is 4.53. The van der Waals surface area contributed by atoms with Gasteiger partial charge in [0.2, 0.25) is 0 Å². The van der Waals surface area contributed by atoms with Crippen molar-refractivity contribution in [1.29, 1.82) is 0 Å². The Morgan fingerprint density at radius 3 is 2.00 bits per heavy atom. The summed E-state index contributed by atoms with van der Waals surface area (Å²) in [6.07, 6.45) is 0. The molecule has 0 aliphatic rings. The molecule has 0 amide bonds. The van der Waals surface area contributed by atoms with Crippen molar-refractivity contribution in [3.63, 3.8) is 0 Å². The summed E-state index contributed by atoms with van der Waals surface area (Å²) in [6.45, 7) is 0.105. The maximum absolute atomic E-state index is 8.78. The molecule has 0 fully saturated rings. The van der Waals surface area contributed by atoms with E-state index < -0.39 is 7.17 Å². The monoisotopic (exact) mass is 196 g/mol. The van der Waals surface area contributed by atoms with E-state index in [1.807, 2.05) is 41.9 Å². The Morgan fingerprint density at radius 1 is 1.00 bits per heavy atom. The fourth-order valence-electron chi connectivity index (χ4n) is 1.06. The molecule has 2 nitrogen and oxygen atoms in total. The van der Waals surface area contributed by atoms with Crippen LogP contribution in [0.3, 0.4) is 0 Å². The van der Waals surface area contributed by atoms with Gasteiger partial charge in [-0.05, 0) is 16.9 Å². The van der Waals surface area contributed by atoms with Crippen LogP contribution in [0, 0.1) is 0 Å². The fraction of sp³-hybridized carbons (Fsp3) is 0.200. The van der Waals surface area contributed by atoms with Crippen molar-refractivity contribution in [3.8, 4) is 0 Å². The van der Waals surface area contributed by atoms with Crippen LogP contribution in [-0.2, 0) is 0 Å². The molecule has 3 heteroatoms. The van der Waals surface area contributed by atoms with Gasteiger partial charge in [-0.1, -0.05) is 37.5 Å². The molecule has 0 aliphatic heterocycles. The summed E-state index contributed by atoms with van der Waals surface area (Å²) < 4.78 is 0. The van der Waals surface area contributed by atoms with Crippen LogP contribution in [0.15, 0.2) is 30.3 Å². The van der Waals surface area contributed by atoms with Gasteiger partial charge in [0.25, 0.3) is 0 Å². The Kier molecular flexibility index (Phi) is 4.55. The topological polar surface area (TPSA) is 40.5 Å². The predicted octanol–water partition coefficient (Wildman–Crippen LogP) is 0.383. The largest absolute Gasteiger partial charge is 0.392 e. The van der Waals surface area contributed by atoms with Gasteiger partial charge in [0.05, 0.1) is 13.2 Å². The fourth-order valence-corrected chi connectivity index (χ4v) is 2.50. The summed E-state index contributed by atoms with van der Waals surface area (Å²) in [5, 5.41) is 18.7. The first-order valence-corrected chi connectivity index (χ1v) is 5.58. The standard InChI is InChI=1S/C10H13O2P/c11-6-8-13(9-7-12)10-4-2-1-3-5-10/h1-5,8-9,11-12H,6-7H2. The predicted molar refractivity (Wildman–Crippen MR) is 59.3 cm³/mol. The lowest BCUT2D eigenvalue weighted by atomic mass is 10.4. The van der Waals surface area contributed by atoms with Gasteiger partial charge in [0, 0.05) is 0 Å². The Balaban J connectivity index is 3.04. The van der Waals surface area contributed by atoms with E-state index in [0.717, 1.165) is 5.30 Å². The summed E-state index contributed by atoms with van der Waals surface area (Å²) in [7, 11) is -0.606. The summed E-state index contributed by atoms with van der Waals surface area (Å²) in [4.78, 5) is 0. The zero-order valence-electron chi connectivity index (χ0n) is 7.30. The first kappa shape index (κ1) is 10.3. The highest BCUT2D eigenvalue weighted by Crippen LogP contribution is 2.06. The van der Waals surface area contributed by atoms with Gasteiger partial charge in [-0.3, -0.25) is 0 Å². The zero-order valence-corrected chi connectivity index (χ0v) is 8.19. The van der Waals surface area contributed by atoms with Gasteiger partial charge >= 0.3 is 0 Å². The molecule has 0 unspecified atom stereocenters. The van der Waals surface area contributed by atoms with E-state index in [4.69, 9.17) is 10.2 Å². The Morgan fingerprint density at radius 2 is 1.54 bits per heavy atom. The number of hydrogen-bond acceptors (Lipinski definition) is 2. The Bertz CT molecular complexity index is 312. The maximum Gasteiger partial charge on any atom is 0.0654 e. The first-order valence-electron chi connectivity index (χ1n) is 4.10. The van der Waals surface area contributed by atoms with Crippen molar-refractivity contribution in [2.75, 3.05) is 13.2 Å². The lowest BCUT2D eigenvalue weighted by Gasteiger charge is -1.96. The molecule has 2 N–H and O–H groups in total. The smallest absolute Gasteiger partial charge is 0.0654 e. The number of aliphatic hydroxyl groups excluding tert-OH is 2. The SMILES string of the molecule is OC/C=P(=C\CO)\c1ccccc1. The minimum atomic E-state index is -0.606. The second kappa shape index (κ2) is 5.76. The van der Waals surface area contributed by atoms with Crippen molar-refractivity contribution < 1.29 is 10.2 Å². The van der Waals surface area contributed by atoms with Crippen LogP contribution in [0.4, 0.5) is 0 Å². The minimum Gasteiger partial charge on any atom is -0.392 e. The average molecular weight is 196 g/mol. The normalized spacial score (nSPS) is 12.0. The molecule has 0 spiro atoms. The third-order valence-corrected chi connectivity index (χ3v) is 3.62. The molecule has 0 saturated carbocycles. The van der Waals surface area contributed by atoms with Crippen LogP contribution < -0.4 is 5.30 Å². The van der Waals surface area contributed by atoms with Crippen LogP contribution in [0.1, 0.15) is 0 Å². The van der Waals surface area contributed by atoms with E-state index in [0.29, 0.717) is 0 Å². The lowest BCUT2D eigenvalue weighted by Crippen LogP contribution is -1.96. The maximum atomic E-state index is 8.78. The molecule has 0 atom stereocenters. The van der Waals surface area contributed by atoms with E-state index in [-0.39, 0.29) is 13.2 Å². The van der Waals surface area contributed by atoms with Crippen molar-refractivity contribution in [1.82, 2.24) is 0 Å². The van der Waals surface area contributed by atoms with E-state index in [1.54, 1.807) is 0 Å². The second-order valence-electron chi connectivity index (χ2n) is 2.47. The molecule has 1 aromatic rings. The number of benzene rings is 1.